The normalized spacial score (nSPS) is 14.7. The minimum atomic E-state index is -0.0410. The van der Waals surface area contributed by atoms with Crippen LogP contribution in [-0.4, -0.2) is 74.0 Å². The summed E-state index contributed by atoms with van der Waals surface area (Å²) in [6.07, 6.45) is 0. The highest BCUT2D eigenvalue weighted by atomic mass is 35.5. The molecule has 0 spiro atoms. The zero-order chi connectivity index (χ0) is 18.2. The number of anilines is 1. The molecule has 25 heavy (non-hydrogen) atoms. The van der Waals surface area contributed by atoms with E-state index in [9.17, 15) is 9.59 Å². The van der Waals surface area contributed by atoms with E-state index in [1.54, 1.807) is 0 Å². The number of nitrogens with one attached hydrogen (secondary N) is 1. The van der Waals surface area contributed by atoms with E-state index in [2.05, 4.69) is 10.2 Å². The molecule has 2 rings (SSSR count). The number of halogens is 1. The molecule has 0 bridgehead atoms. The van der Waals surface area contributed by atoms with E-state index in [4.69, 9.17) is 11.6 Å². The highest BCUT2D eigenvalue weighted by Crippen LogP contribution is 2.25. The number of benzene rings is 1. The molecule has 1 saturated heterocycles. The van der Waals surface area contributed by atoms with Gasteiger partial charge in [-0.25, -0.2) is 0 Å². The maximum atomic E-state index is 12.5. The molecule has 2 amide bonds. The van der Waals surface area contributed by atoms with Crippen LogP contribution in [0.1, 0.15) is 13.8 Å². The van der Waals surface area contributed by atoms with Gasteiger partial charge in [0.25, 0.3) is 0 Å². The van der Waals surface area contributed by atoms with Crippen molar-refractivity contribution in [3.63, 3.8) is 0 Å². The van der Waals surface area contributed by atoms with Crippen molar-refractivity contribution in [2.24, 2.45) is 0 Å². The largest absolute Gasteiger partial charge is 0.367 e. The number of amides is 2. The van der Waals surface area contributed by atoms with Gasteiger partial charge >= 0.3 is 0 Å². The van der Waals surface area contributed by atoms with Crippen LogP contribution in [0.4, 0.5) is 5.69 Å². The number of rotatable bonds is 7. The van der Waals surface area contributed by atoms with Crippen molar-refractivity contribution in [2.75, 3.05) is 57.3 Å². The number of piperazine rings is 1. The van der Waals surface area contributed by atoms with E-state index in [1.165, 1.54) is 0 Å². The second-order valence-corrected chi connectivity index (χ2v) is 6.48. The Hall–Kier alpha value is -1.79. The lowest BCUT2D eigenvalue weighted by Gasteiger charge is -2.37. The van der Waals surface area contributed by atoms with Crippen LogP contribution in [0.5, 0.6) is 0 Å². The summed E-state index contributed by atoms with van der Waals surface area (Å²) in [7, 11) is 0. The fraction of sp³-hybridized carbons (Fsp3) is 0.556. The molecule has 1 aromatic rings. The van der Waals surface area contributed by atoms with Gasteiger partial charge in [0.2, 0.25) is 11.8 Å². The van der Waals surface area contributed by atoms with E-state index in [0.717, 1.165) is 23.8 Å². The van der Waals surface area contributed by atoms with Crippen LogP contribution in [0, 0.1) is 0 Å². The number of carbonyl (C=O) groups is 2. The monoisotopic (exact) mass is 366 g/mol. The molecule has 7 heteroatoms. The quantitative estimate of drug-likeness (QED) is 0.793. The molecule has 1 N–H and O–H groups in total. The number of hydrogen-bond donors (Lipinski definition) is 1. The van der Waals surface area contributed by atoms with Gasteiger partial charge < -0.3 is 15.1 Å². The van der Waals surface area contributed by atoms with Gasteiger partial charge in [-0.3, -0.25) is 14.5 Å². The average molecular weight is 367 g/mol. The number of likely N-dealkylation sites (N-methyl/N-ethyl adjacent to an activating group) is 2. The molecule has 0 aliphatic carbocycles. The smallest absolute Gasteiger partial charge is 0.236 e. The third-order valence-electron chi connectivity index (χ3n) is 4.37. The van der Waals surface area contributed by atoms with Gasteiger partial charge in [-0.1, -0.05) is 30.7 Å². The van der Waals surface area contributed by atoms with Crippen molar-refractivity contribution < 1.29 is 9.59 Å². The Kier molecular flexibility index (Phi) is 7.52. The Balaban J connectivity index is 1.84. The zero-order valence-corrected chi connectivity index (χ0v) is 15.8. The Labute approximate surface area is 154 Å². The standard InChI is InChI=1S/C18H27ClN4O2/c1-3-20-17(24)13-21(4-2)14-18(25)23-11-9-22(10-12-23)16-8-6-5-7-15(16)19/h5-8H,3-4,9-14H2,1-2H3,(H,20,24). The number of hydrogen-bond acceptors (Lipinski definition) is 4. The van der Waals surface area contributed by atoms with Crippen molar-refractivity contribution in [1.82, 2.24) is 15.1 Å². The number of carbonyl (C=O) groups excluding carboxylic acids is 2. The molecule has 1 heterocycles. The number of para-hydroxylation sites is 1. The first-order valence-corrected chi connectivity index (χ1v) is 9.19. The molecule has 0 aromatic heterocycles. The summed E-state index contributed by atoms with van der Waals surface area (Å²) in [5, 5.41) is 3.51. The molecule has 0 saturated carbocycles. The summed E-state index contributed by atoms with van der Waals surface area (Å²) >= 11 is 6.25. The van der Waals surface area contributed by atoms with Gasteiger partial charge in [0.15, 0.2) is 0 Å². The summed E-state index contributed by atoms with van der Waals surface area (Å²) in [5.74, 6) is 0.0330. The molecule has 1 aliphatic rings. The maximum Gasteiger partial charge on any atom is 0.236 e. The minimum Gasteiger partial charge on any atom is -0.367 e. The molecule has 6 nitrogen and oxygen atoms in total. The summed E-state index contributed by atoms with van der Waals surface area (Å²) in [5.41, 5.74) is 1.02. The van der Waals surface area contributed by atoms with Crippen LogP contribution in [0.25, 0.3) is 0 Å². The summed E-state index contributed by atoms with van der Waals surface area (Å²) < 4.78 is 0. The van der Waals surface area contributed by atoms with E-state index in [0.29, 0.717) is 26.2 Å². The van der Waals surface area contributed by atoms with Crippen LogP contribution < -0.4 is 10.2 Å². The lowest BCUT2D eigenvalue weighted by atomic mass is 10.2. The lowest BCUT2D eigenvalue weighted by Crippen LogP contribution is -2.52. The van der Waals surface area contributed by atoms with Gasteiger partial charge in [0.1, 0.15) is 0 Å². The SMILES string of the molecule is CCNC(=O)CN(CC)CC(=O)N1CCN(c2ccccc2Cl)CC1. The summed E-state index contributed by atoms with van der Waals surface area (Å²) in [6.45, 7) is 8.52. The number of nitrogens with zero attached hydrogens (tertiary/aromatic N) is 3. The first-order chi connectivity index (χ1) is 12.0. The first kappa shape index (κ1) is 19.5. The molecule has 1 fully saturated rings. The van der Waals surface area contributed by atoms with Crippen LogP contribution in [0.3, 0.4) is 0 Å². The van der Waals surface area contributed by atoms with Crippen molar-refractivity contribution in [3.05, 3.63) is 29.3 Å². The Morgan fingerprint density at radius 3 is 2.40 bits per heavy atom. The molecule has 138 valence electrons. The maximum absolute atomic E-state index is 12.5. The van der Waals surface area contributed by atoms with Gasteiger partial charge in [-0.15, -0.1) is 0 Å². The van der Waals surface area contributed by atoms with Gasteiger partial charge in [0.05, 0.1) is 23.8 Å². The minimum absolute atomic E-state index is 0.0410. The van der Waals surface area contributed by atoms with Gasteiger partial charge in [0, 0.05) is 32.7 Å². The molecule has 1 aliphatic heterocycles. The Bertz CT molecular complexity index is 588. The van der Waals surface area contributed by atoms with Crippen molar-refractivity contribution in [3.8, 4) is 0 Å². The van der Waals surface area contributed by atoms with Gasteiger partial charge in [-0.05, 0) is 25.6 Å². The first-order valence-electron chi connectivity index (χ1n) is 8.81. The van der Waals surface area contributed by atoms with E-state index < -0.39 is 0 Å². The van der Waals surface area contributed by atoms with Crippen LogP contribution >= 0.6 is 11.6 Å². The second kappa shape index (κ2) is 9.63. The Morgan fingerprint density at radius 2 is 1.80 bits per heavy atom. The molecule has 0 atom stereocenters. The Morgan fingerprint density at radius 1 is 1.12 bits per heavy atom. The third kappa shape index (κ3) is 5.61. The fourth-order valence-electron chi connectivity index (χ4n) is 2.93. The average Bonchev–Trinajstić information content (AvgIpc) is 2.62. The molecular formula is C18H27ClN4O2. The van der Waals surface area contributed by atoms with Crippen molar-refractivity contribution in [2.45, 2.75) is 13.8 Å². The van der Waals surface area contributed by atoms with E-state index in [1.807, 2.05) is 47.9 Å². The van der Waals surface area contributed by atoms with Crippen LogP contribution in [-0.2, 0) is 9.59 Å². The fourth-order valence-corrected chi connectivity index (χ4v) is 3.19. The third-order valence-corrected chi connectivity index (χ3v) is 4.69. The lowest BCUT2D eigenvalue weighted by molar-refractivity contribution is -0.133. The predicted molar refractivity (Wildman–Crippen MR) is 101 cm³/mol. The van der Waals surface area contributed by atoms with Crippen LogP contribution in [0.2, 0.25) is 5.02 Å². The predicted octanol–water partition coefficient (Wildman–Crippen LogP) is 1.45. The second-order valence-electron chi connectivity index (χ2n) is 6.08. The van der Waals surface area contributed by atoms with Crippen molar-refractivity contribution in [1.29, 1.82) is 0 Å². The molecule has 0 radical (unpaired) electrons. The van der Waals surface area contributed by atoms with E-state index in [-0.39, 0.29) is 24.9 Å². The highest BCUT2D eigenvalue weighted by Gasteiger charge is 2.23. The molecular weight excluding hydrogens is 340 g/mol. The summed E-state index contributed by atoms with van der Waals surface area (Å²) in [6, 6.07) is 7.78. The van der Waals surface area contributed by atoms with E-state index >= 15 is 0 Å². The highest BCUT2D eigenvalue weighted by molar-refractivity contribution is 6.33. The topological polar surface area (TPSA) is 55.9 Å². The summed E-state index contributed by atoms with van der Waals surface area (Å²) in [4.78, 5) is 30.2. The van der Waals surface area contributed by atoms with Gasteiger partial charge in [-0.2, -0.15) is 0 Å². The zero-order valence-electron chi connectivity index (χ0n) is 15.0. The van der Waals surface area contributed by atoms with Crippen molar-refractivity contribution >= 4 is 29.1 Å². The van der Waals surface area contributed by atoms with Crippen LogP contribution in [0.15, 0.2) is 24.3 Å². The molecule has 0 unspecified atom stereocenters. The molecule has 1 aromatic carbocycles.